The van der Waals surface area contributed by atoms with Crippen LogP contribution in [0.1, 0.15) is 44.1 Å². The first-order valence-electron chi connectivity index (χ1n) is 9.69. The maximum absolute atomic E-state index is 5.60. The van der Waals surface area contributed by atoms with Crippen LogP contribution in [0.15, 0.2) is 18.2 Å². The van der Waals surface area contributed by atoms with Gasteiger partial charge in [-0.1, -0.05) is 6.07 Å². The molecule has 4 heteroatoms. The smallest absolute Gasteiger partial charge is 0.161 e. The minimum atomic E-state index is 0.267. The van der Waals surface area contributed by atoms with E-state index < -0.39 is 0 Å². The molecule has 0 aromatic heterocycles. The van der Waals surface area contributed by atoms with Crippen molar-refractivity contribution in [2.75, 3.05) is 41.4 Å². The van der Waals surface area contributed by atoms with Crippen LogP contribution in [0.5, 0.6) is 11.5 Å². The van der Waals surface area contributed by atoms with Crippen LogP contribution in [0, 0.1) is 0 Å². The fourth-order valence-corrected chi connectivity index (χ4v) is 5.95. The van der Waals surface area contributed by atoms with Crippen molar-refractivity contribution < 1.29 is 9.47 Å². The predicted octanol–water partition coefficient (Wildman–Crippen LogP) is 3.29. The van der Waals surface area contributed by atoms with Crippen LogP contribution < -0.4 is 9.47 Å². The highest BCUT2D eigenvalue weighted by molar-refractivity contribution is 5.46. The first-order valence-corrected chi connectivity index (χ1v) is 9.69. The van der Waals surface area contributed by atoms with Gasteiger partial charge in [0.05, 0.1) is 14.2 Å². The lowest BCUT2D eigenvalue weighted by Gasteiger charge is -2.51. The number of fused-ring (bicyclic) bond motifs is 1. The van der Waals surface area contributed by atoms with Gasteiger partial charge in [-0.05, 0) is 83.4 Å². The molecule has 4 rings (SSSR count). The van der Waals surface area contributed by atoms with Crippen molar-refractivity contribution in [2.24, 2.45) is 0 Å². The van der Waals surface area contributed by atoms with E-state index in [0.29, 0.717) is 11.6 Å². The zero-order chi connectivity index (χ0) is 17.7. The third-order valence-electron chi connectivity index (χ3n) is 7.59. The monoisotopic (exact) mass is 344 g/mol. The normalized spacial score (nSPS) is 35.9. The molecule has 0 amide bonds. The van der Waals surface area contributed by atoms with Gasteiger partial charge in [0.25, 0.3) is 0 Å². The molecular formula is C21H32N2O2. The highest BCUT2D eigenvalue weighted by atomic mass is 16.5. The lowest BCUT2D eigenvalue weighted by molar-refractivity contribution is 0.0439. The SMILES string of the molecule is COc1ccc([C@]23CCN(C)[C@H]2CC2(CCCN2C)CC3)cc1OC. The summed E-state index contributed by atoms with van der Waals surface area (Å²) in [6.07, 6.45) is 7.88. The highest BCUT2D eigenvalue weighted by Gasteiger charge is 2.56. The molecule has 2 saturated heterocycles. The van der Waals surface area contributed by atoms with E-state index >= 15 is 0 Å². The van der Waals surface area contributed by atoms with Gasteiger partial charge in [-0.25, -0.2) is 0 Å². The molecule has 2 heterocycles. The quantitative estimate of drug-likeness (QED) is 0.840. The second-order valence-corrected chi connectivity index (χ2v) is 8.43. The summed E-state index contributed by atoms with van der Waals surface area (Å²) in [7, 11) is 8.11. The molecule has 2 aliphatic heterocycles. The maximum atomic E-state index is 5.60. The number of likely N-dealkylation sites (N-methyl/N-ethyl adjacent to an activating group) is 1. The van der Waals surface area contributed by atoms with Gasteiger partial charge in [0.1, 0.15) is 0 Å². The Kier molecular flexibility index (Phi) is 4.24. The maximum Gasteiger partial charge on any atom is 0.161 e. The number of rotatable bonds is 3. The molecular weight excluding hydrogens is 312 g/mol. The summed E-state index contributed by atoms with van der Waals surface area (Å²) in [6, 6.07) is 7.23. The molecule has 1 spiro atoms. The molecule has 25 heavy (non-hydrogen) atoms. The van der Waals surface area contributed by atoms with Crippen molar-refractivity contribution in [3.05, 3.63) is 23.8 Å². The van der Waals surface area contributed by atoms with E-state index in [1.165, 1.54) is 57.2 Å². The molecule has 3 fully saturated rings. The number of nitrogens with zero attached hydrogens (tertiary/aromatic N) is 2. The summed E-state index contributed by atoms with van der Waals surface area (Å²) in [4.78, 5) is 5.27. The molecule has 1 aliphatic carbocycles. The summed E-state index contributed by atoms with van der Waals surface area (Å²) < 4.78 is 11.1. The molecule has 3 atom stereocenters. The van der Waals surface area contributed by atoms with Gasteiger partial charge in [0.15, 0.2) is 11.5 Å². The Bertz CT molecular complexity index is 649. The van der Waals surface area contributed by atoms with Gasteiger partial charge in [-0.15, -0.1) is 0 Å². The van der Waals surface area contributed by atoms with Crippen LogP contribution in [-0.4, -0.2) is 62.8 Å². The van der Waals surface area contributed by atoms with Crippen LogP contribution in [0.25, 0.3) is 0 Å². The third kappa shape index (κ3) is 2.48. The molecule has 1 saturated carbocycles. The molecule has 1 aromatic rings. The first kappa shape index (κ1) is 17.2. The van der Waals surface area contributed by atoms with Crippen molar-refractivity contribution in [2.45, 2.75) is 55.5 Å². The number of methoxy groups -OCH3 is 2. The summed E-state index contributed by atoms with van der Waals surface area (Å²) >= 11 is 0. The molecule has 4 nitrogen and oxygen atoms in total. The molecule has 0 N–H and O–H groups in total. The standard InChI is InChI=1S/C21H32N2O2/c1-22-13-11-21(16-6-7-17(24-3)18(14-16)25-4)10-9-20(15-19(21)22)8-5-12-23(20)2/h6-7,14,19H,5,8-13,15H2,1-4H3/t19-,20?,21-/m0/s1. The van der Waals surface area contributed by atoms with E-state index in [4.69, 9.17) is 9.47 Å². The van der Waals surface area contributed by atoms with Crippen LogP contribution in [-0.2, 0) is 5.41 Å². The summed E-state index contributed by atoms with van der Waals surface area (Å²) in [6.45, 7) is 2.46. The van der Waals surface area contributed by atoms with Crippen molar-refractivity contribution >= 4 is 0 Å². The van der Waals surface area contributed by atoms with Crippen molar-refractivity contribution in [3.63, 3.8) is 0 Å². The van der Waals surface area contributed by atoms with Gasteiger partial charge < -0.3 is 19.3 Å². The van der Waals surface area contributed by atoms with Crippen molar-refractivity contribution in [1.82, 2.24) is 9.80 Å². The van der Waals surface area contributed by atoms with Crippen LogP contribution >= 0.6 is 0 Å². The van der Waals surface area contributed by atoms with E-state index in [1.54, 1.807) is 14.2 Å². The number of benzene rings is 1. The fourth-order valence-electron chi connectivity index (χ4n) is 5.95. The zero-order valence-electron chi connectivity index (χ0n) is 16.2. The number of hydrogen-bond acceptors (Lipinski definition) is 4. The number of hydrogen-bond donors (Lipinski definition) is 0. The molecule has 0 radical (unpaired) electrons. The van der Waals surface area contributed by atoms with Gasteiger partial charge >= 0.3 is 0 Å². The molecule has 1 unspecified atom stereocenters. The largest absolute Gasteiger partial charge is 0.493 e. The van der Waals surface area contributed by atoms with E-state index in [1.807, 2.05) is 0 Å². The summed E-state index contributed by atoms with van der Waals surface area (Å²) in [5.74, 6) is 1.69. The van der Waals surface area contributed by atoms with Gasteiger partial charge in [0, 0.05) is 17.0 Å². The predicted molar refractivity (Wildman–Crippen MR) is 101 cm³/mol. The topological polar surface area (TPSA) is 24.9 Å². The summed E-state index contributed by atoms with van der Waals surface area (Å²) in [5.41, 5.74) is 2.14. The van der Waals surface area contributed by atoms with Crippen LogP contribution in [0.4, 0.5) is 0 Å². The first-order chi connectivity index (χ1) is 12.0. The lowest BCUT2D eigenvalue weighted by atomic mass is 9.60. The number of likely N-dealkylation sites (tertiary alicyclic amines) is 2. The Labute approximate surface area is 152 Å². The lowest BCUT2D eigenvalue weighted by Crippen LogP contribution is -2.56. The van der Waals surface area contributed by atoms with E-state index in [9.17, 15) is 0 Å². The van der Waals surface area contributed by atoms with E-state index in [2.05, 4.69) is 42.1 Å². The molecule has 0 bridgehead atoms. The van der Waals surface area contributed by atoms with E-state index in [0.717, 1.165) is 11.5 Å². The Morgan fingerprint density at radius 2 is 1.76 bits per heavy atom. The number of ether oxygens (including phenoxy) is 2. The average Bonchev–Trinajstić information content (AvgIpc) is 3.16. The molecule has 1 aromatic carbocycles. The summed E-state index contributed by atoms with van der Waals surface area (Å²) in [5, 5.41) is 0. The van der Waals surface area contributed by atoms with Crippen molar-refractivity contribution in [3.8, 4) is 11.5 Å². The third-order valence-corrected chi connectivity index (χ3v) is 7.59. The van der Waals surface area contributed by atoms with Crippen LogP contribution in [0.3, 0.4) is 0 Å². The van der Waals surface area contributed by atoms with Gasteiger partial charge in [-0.3, -0.25) is 0 Å². The van der Waals surface area contributed by atoms with Gasteiger partial charge in [-0.2, -0.15) is 0 Å². The van der Waals surface area contributed by atoms with E-state index in [-0.39, 0.29) is 5.41 Å². The molecule has 138 valence electrons. The highest BCUT2D eigenvalue weighted by Crippen LogP contribution is 2.55. The Balaban J connectivity index is 1.71. The zero-order valence-corrected chi connectivity index (χ0v) is 16.2. The second-order valence-electron chi connectivity index (χ2n) is 8.43. The Morgan fingerprint density at radius 3 is 2.44 bits per heavy atom. The fraction of sp³-hybridized carbons (Fsp3) is 0.714. The minimum absolute atomic E-state index is 0.267. The molecule has 3 aliphatic rings. The van der Waals surface area contributed by atoms with Gasteiger partial charge in [0.2, 0.25) is 0 Å². The second kappa shape index (κ2) is 6.17. The van der Waals surface area contributed by atoms with Crippen LogP contribution in [0.2, 0.25) is 0 Å². The van der Waals surface area contributed by atoms with Crippen molar-refractivity contribution in [1.29, 1.82) is 0 Å². The minimum Gasteiger partial charge on any atom is -0.493 e. The average molecular weight is 344 g/mol. The Morgan fingerprint density at radius 1 is 0.960 bits per heavy atom. The Hall–Kier alpha value is -1.26.